The summed E-state index contributed by atoms with van der Waals surface area (Å²) < 4.78 is 6.84. The number of rotatable bonds is 3. The number of thiophene rings is 1. The van der Waals surface area contributed by atoms with Crippen LogP contribution >= 0.6 is 11.3 Å². The van der Waals surface area contributed by atoms with Gasteiger partial charge < -0.3 is 10.1 Å². The van der Waals surface area contributed by atoms with Gasteiger partial charge in [-0.1, -0.05) is 12.0 Å². The molecule has 1 atom stereocenters. The van der Waals surface area contributed by atoms with Crippen LogP contribution in [0.25, 0.3) is 10.1 Å². The summed E-state index contributed by atoms with van der Waals surface area (Å²) in [4.78, 5) is 14.5. The standard InChI is InChI=1S/C18H19N3O2S/c1-4-5-9-23-13-7-6-8-14-12(13)10-15(24-14)18(2)11-16(22)21(3)17(19)20-18/h6-8,10H,9,11H2,1-3H3,(H2,19,20)/t18-/m0/s1. The zero-order valence-corrected chi connectivity index (χ0v) is 14.7. The molecule has 124 valence electrons. The lowest BCUT2D eigenvalue weighted by atomic mass is 9.92. The van der Waals surface area contributed by atoms with Crippen LogP contribution in [-0.4, -0.2) is 30.4 Å². The monoisotopic (exact) mass is 341 g/mol. The van der Waals surface area contributed by atoms with Gasteiger partial charge in [-0.3, -0.25) is 15.1 Å². The van der Waals surface area contributed by atoms with Crippen molar-refractivity contribution in [1.82, 2.24) is 10.2 Å². The minimum Gasteiger partial charge on any atom is -0.480 e. The van der Waals surface area contributed by atoms with Crippen LogP contribution in [0.2, 0.25) is 0 Å². The first-order valence-electron chi connectivity index (χ1n) is 7.63. The summed E-state index contributed by atoms with van der Waals surface area (Å²) in [7, 11) is 1.61. The fourth-order valence-electron chi connectivity index (χ4n) is 2.70. The Bertz CT molecular complexity index is 857. The number of amides is 1. The highest BCUT2D eigenvalue weighted by Crippen LogP contribution is 2.40. The topological polar surface area (TPSA) is 65.4 Å². The molecular formula is C18H19N3O2S. The fraction of sp³-hybridized carbons (Fsp3) is 0.333. The van der Waals surface area contributed by atoms with Gasteiger partial charge in [-0.25, -0.2) is 0 Å². The highest BCUT2D eigenvalue weighted by atomic mass is 32.1. The van der Waals surface area contributed by atoms with Crippen molar-refractivity contribution in [3.8, 4) is 17.6 Å². The Kier molecular flexibility index (Phi) is 4.20. The van der Waals surface area contributed by atoms with E-state index in [2.05, 4.69) is 17.2 Å². The minimum absolute atomic E-state index is 0.0617. The summed E-state index contributed by atoms with van der Waals surface area (Å²) in [6, 6.07) is 7.96. The molecule has 1 aliphatic rings. The molecule has 1 fully saturated rings. The molecular weight excluding hydrogens is 322 g/mol. The highest BCUT2D eigenvalue weighted by molar-refractivity contribution is 7.19. The fourth-order valence-corrected chi connectivity index (χ4v) is 3.88. The molecule has 0 bridgehead atoms. The molecule has 1 aromatic carbocycles. The van der Waals surface area contributed by atoms with E-state index >= 15 is 0 Å². The summed E-state index contributed by atoms with van der Waals surface area (Å²) >= 11 is 1.62. The second-order valence-electron chi connectivity index (χ2n) is 5.93. The number of nitrogens with one attached hydrogen (secondary N) is 2. The van der Waals surface area contributed by atoms with Crippen LogP contribution in [0, 0.1) is 17.3 Å². The SMILES string of the molecule is CC#CCOc1cccc2sc([C@]3(C)CC(=O)N(C)C(=N)N3)cc12. The van der Waals surface area contributed by atoms with E-state index in [4.69, 9.17) is 10.1 Å². The normalized spacial score (nSPS) is 20.5. The maximum atomic E-state index is 12.2. The van der Waals surface area contributed by atoms with E-state index < -0.39 is 5.54 Å². The third-order valence-corrected chi connectivity index (χ3v) is 5.51. The first-order chi connectivity index (χ1) is 11.4. The summed E-state index contributed by atoms with van der Waals surface area (Å²) in [5.74, 6) is 6.56. The van der Waals surface area contributed by atoms with E-state index in [1.165, 1.54) is 4.90 Å². The second kappa shape index (κ2) is 6.17. The van der Waals surface area contributed by atoms with Crippen molar-refractivity contribution in [2.75, 3.05) is 13.7 Å². The van der Waals surface area contributed by atoms with Gasteiger partial charge in [0.15, 0.2) is 5.96 Å². The Balaban J connectivity index is 1.98. The van der Waals surface area contributed by atoms with Crippen molar-refractivity contribution in [2.45, 2.75) is 25.8 Å². The highest BCUT2D eigenvalue weighted by Gasteiger charge is 2.39. The molecule has 24 heavy (non-hydrogen) atoms. The Morgan fingerprint density at radius 2 is 2.29 bits per heavy atom. The quantitative estimate of drug-likeness (QED) is 0.844. The zero-order valence-electron chi connectivity index (χ0n) is 13.9. The molecule has 2 N–H and O–H groups in total. The van der Waals surface area contributed by atoms with Crippen molar-refractivity contribution < 1.29 is 9.53 Å². The third kappa shape index (κ3) is 2.83. The maximum Gasteiger partial charge on any atom is 0.231 e. The van der Waals surface area contributed by atoms with Crippen molar-refractivity contribution in [3.63, 3.8) is 0 Å². The molecule has 1 aromatic heterocycles. The van der Waals surface area contributed by atoms with Gasteiger partial charge in [0.1, 0.15) is 12.4 Å². The number of hydrogen-bond donors (Lipinski definition) is 2. The first-order valence-corrected chi connectivity index (χ1v) is 8.45. The van der Waals surface area contributed by atoms with Crippen molar-refractivity contribution in [3.05, 3.63) is 29.1 Å². The van der Waals surface area contributed by atoms with Gasteiger partial charge in [-0.05, 0) is 32.0 Å². The Morgan fingerprint density at radius 1 is 1.50 bits per heavy atom. The third-order valence-electron chi connectivity index (χ3n) is 4.15. The maximum absolute atomic E-state index is 12.2. The molecule has 0 radical (unpaired) electrons. The molecule has 5 nitrogen and oxygen atoms in total. The summed E-state index contributed by atoms with van der Waals surface area (Å²) in [5, 5.41) is 12.1. The molecule has 6 heteroatoms. The number of hydrogen-bond acceptors (Lipinski definition) is 4. The Hall–Kier alpha value is -2.52. The number of ether oxygens (including phenoxy) is 1. The van der Waals surface area contributed by atoms with Gasteiger partial charge in [-0.2, -0.15) is 0 Å². The van der Waals surface area contributed by atoms with Crippen LogP contribution in [-0.2, 0) is 10.3 Å². The van der Waals surface area contributed by atoms with Crippen molar-refractivity contribution in [1.29, 1.82) is 5.41 Å². The van der Waals surface area contributed by atoms with Crippen LogP contribution in [0.1, 0.15) is 25.1 Å². The van der Waals surface area contributed by atoms with Crippen LogP contribution in [0.3, 0.4) is 0 Å². The Labute approximate surface area is 145 Å². The zero-order chi connectivity index (χ0) is 17.3. The minimum atomic E-state index is -0.579. The molecule has 0 unspecified atom stereocenters. The van der Waals surface area contributed by atoms with Gasteiger partial charge >= 0.3 is 0 Å². The van der Waals surface area contributed by atoms with E-state index in [0.29, 0.717) is 13.0 Å². The number of nitrogens with zero attached hydrogens (tertiary/aromatic N) is 1. The first kappa shape index (κ1) is 16.3. The van der Waals surface area contributed by atoms with Crippen molar-refractivity contribution >= 4 is 33.3 Å². The lowest BCUT2D eigenvalue weighted by Gasteiger charge is -2.38. The van der Waals surface area contributed by atoms with E-state index in [1.807, 2.05) is 31.2 Å². The summed E-state index contributed by atoms with van der Waals surface area (Å²) in [6.07, 6.45) is 0.316. The summed E-state index contributed by atoms with van der Waals surface area (Å²) in [6.45, 7) is 4.09. The van der Waals surface area contributed by atoms with Crippen LogP contribution < -0.4 is 10.1 Å². The average molecular weight is 341 g/mol. The molecule has 1 aliphatic heterocycles. The van der Waals surface area contributed by atoms with Gasteiger partial charge in [0.2, 0.25) is 5.91 Å². The van der Waals surface area contributed by atoms with Crippen LogP contribution in [0.15, 0.2) is 24.3 Å². The number of carbonyl (C=O) groups excluding carboxylic acids is 1. The van der Waals surface area contributed by atoms with Crippen LogP contribution in [0.4, 0.5) is 0 Å². The van der Waals surface area contributed by atoms with E-state index in [-0.39, 0.29) is 11.9 Å². The van der Waals surface area contributed by atoms with Gasteiger partial charge in [0, 0.05) is 22.0 Å². The van der Waals surface area contributed by atoms with Gasteiger partial charge in [0.05, 0.1) is 12.0 Å². The van der Waals surface area contributed by atoms with Crippen molar-refractivity contribution in [2.24, 2.45) is 0 Å². The smallest absolute Gasteiger partial charge is 0.231 e. The second-order valence-corrected chi connectivity index (χ2v) is 7.01. The molecule has 3 rings (SSSR count). The van der Waals surface area contributed by atoms with Crippen LogP contribution in [0.5, 0.6) is 5.75 Å². The van der Waals surface area contributed by atoms with Gasteiger partial charge in [0.25, 0.3) is 0 Å². The molecule has 1 saturated heterocycles. The van der Waals surface area contributed by atoms with E-state index in [0.717, 1.165) is 20.7 Å². The summed E-state index contributed by atoms with van der Waals surface area (Å²) in [5.41, 5.74) is -0.579. The number of benzene rings is 1. The number of carbonyl (C=O) groups is 1. The molecule has 0 saturated carbocycles. The lowest BCUT2D eigenvalue weighted by molar-refractivity contribution is -0.129. The molecule has 0 aliphatic carbocycles. The number of guanidine groups is 1. The largest absolute Gasteiger partial charge is 0.480 e. The predicted octanol–water partition coefficient (Wildman–Crippen LogP) is 2.91. The molecule has 1 amide bonds. The molecule has 2 heterocycles. The number of fused-ring (bicyclic) bond motifs is 1. The van der Waals surface area contributed by atoms with E-state index in [9.17, 15) is 4.79 Å². The van der Waals surface area contributed by atoms with E-state index in [1.54, 1.807) is 25.3 Å². The lowest BCUT2D eigenvalue weighted by Crippen LogP contribution is -2.57. The average Bonchev–Trinajstić information content (AvgIpc) is 2.99. The van der Waals surface area contributed by atoms with Gasteiger partial charge in [-0.15, -0.1) is 17.3 Å². The Morgan fingerprint density at radius 3 is 3.00 bits per heavy atom. The predicted molar refractivity (Wildman–Crippen MR) is 96.4 cm³/mol. The molecule has 2 aromatic rings. The molecule has 0 spiro atoms.